The summed E-state index contributed by atoms with van der Waals surface area (Å²) in [6.07, 6.45) is -8.64. The third-order valence-electron chi connectivity index (χ3n) is 6.88. The standard InChI is InChI=1S/C19H37N3O10/c1-19(28)6-29-18(14(27)16(19)22-2)32-15-7(20)3-4-8(12(15)25)30-17-10(21)13(26)11(24)9(5-23)31-17/h7-18,22-28H,3-6,20-21H2,1-2H3/p+3/t7-,8-,9-,10-,11-,12+,13-,14-,15+,16-,17+,18-,19+/m1/s1. The topological polar surface area (TPSA) is 230 Å². The zero-order valence-electron chi connectivity index (χ0n) is 18.6. The Balaban J connectivity index is 1.66. The first-order valence-electron chi connectivity index (χ1n) is 11.1. The zero-order chi connectivity index (χ0) is 23.8. The Labute approximate surface area is 186 Å². The summed E-state index contributed by atoms with van der Waals surface area (Å²) in [5.41, 5.74) is 6.59. The van der Waals surface area contributed by atoms with Gasteiger partial charge in [-0.05, 0) is 13.3 Å². The number of aliphatic hydroxyl groups excluding tert-OH is 5. The van der Waals surface area contributed by atoms with Gasteiger partial charge in [0, 0.05) is 6.42 Å². The van der Waals surface area contributed by atoms with Gasteiger partial charge in [0.2, 0.25) is 6.29 Å². The second-order valence-corrected chi connectivity index (χ2v) is 9.36. The van der Waals surface area contributed by atoms with E-state index in [1.54, 1.807) is 19.3 Å². The minimum atomic E-state index is -1.30. The van der Waals surface area contributed by atoms with Crippen LogP contribution < -0.4 is 16.8 Å². The summed E-state index contributed by atoms with van der Waals surface area (Å²) in [5, 5.41) is 63.3. The number of aliphatic hydroxyl groups is 6. The van der Waals surface area contributed by atoms with E-state index in [0.717, 1.165) is 0 Å². The summed E-state index contributed by atoms with van der Waals surface area (Å²) in [5.74, 6) is 0. The van der Waals surface area contributed by atoms with Crippen molar-refractivity contribution in [2.45, 2.75) is 98.8 Å². The third-order valence-corrected chi connectivity index (χ3v) is 6.88. The summed E-state index contributed by atoms with van der Waals surface area (Å²) in [4.78, 5) is 0. The Morgan fingerprint density at radius 3 is 2.31 bits per heavy atom. The van der Waals surface area contributed by atoms with E-state index < -0.39 is 79.6 Å². The van der Waals surface area contributed by atoms with Gasteiger partial charge in [-0.3, -0.25) is 0 Å². The van der Waals surface area contributed by atoms with Crippen molar-refractivity contribution in [2.24, 2.45) is 0 Å². The highest BCUT2D eigenvalue weighted by Crippen LogP contribution is 2.30. The van der Waals surface area contributed by atoms with E-state index in [0.29, 0.717) is 12.8 Å². The van der Waals surface area contributed by atoms with Crippen molar-refractivity contribution in [1.82, 2.24) is 0 Å². The van der Waals surface area contributed by atoms with Gasteiger partial charge in [-0.2, -0.15) is 0 Å². The lowest BCUT2D eigenvalue weighted by Crippen LogP contribution is -2.96. The lowest BCUT2D eigenvalue weighted by molar-refractivity contribution is -0.695. The second kappa shape index (κ2) is 10.4. The minimum absolute atomic E-state index is 0.0455. The minimum Gasteiger partial charge on any atom is -0.394 e. The normalized spacial score (nSPS) is 52.7. The fourth-order valence-electron chi connectivity index (χ4n) is 4.80. The van der Waals surface area contributed by atoms with Crippen LogP contribution in [-0.4, -0.2) is 130 Å². The zero-order valence-corrected chi connectivity index (χ0v) is 18.6. The maximum atomic E-state index is 11.0. The van der Waals surface area contributed by atoms with E-state index in [2.05, 4.69) is 11.5 Å². The summed E-state index contributed by atoms with van der Waals surface area (Å²) in [7, 11) is 1.73. The number of hydrogen-bond acceptors (Lipinski definition) is 10. The van der Waals surface area contributed by atoms with Crippen LogP contribution in [0.1, 0.15) is 19.8 Å². The van der Waals surface area contributed by atoms with Crippen LogP contribution in [0, 0.1) is 0 Å². The molecule has 0 unspecified atom stereocenters. The lowest BCUT2D eigenvalue weighted by Gasteiger charge is -2.45. The van der Waals surface area contributed by atoms with Crippen LogP contribution in [0.15, 0.2) is 0 Å². The van der Waals surface area contributed by atoms with Crippen LogP contribution in [0.5, 0.6) is 0 Å². The molecule has 2 heterocycles. The molecule has 13 heteroatoms. The molecule has 3 fully saturated rings. The molecule has 0 radical (unpaired) electrons. The van der Waals surface area contributed by atoms with Crippen molar-refractivity contribution >= 4 is 0 Å². The highest BCUT2D eigenvalue weighted by molar-refractivity contribution is 4.95. The molecule has 1 saturated carbocycles. The predicted octanol–water partition coefficient (Wildman–Crippen LogP) is -7.40. The summed E-state index contributed by atoms with van der Waals surface area (Å²) in [6, 6.07) is -1.74. The Kier molecular flexibility index (Phi) is 8.48. The molecule has 2 aliphatic heterocycles. The molecule has 0 spiro atoms. The summed E-state index contributed by atoms with van der Waals surface area (Å²) < 4.78 is 22.9. The molecule has 3 aliphatic rings. The Hall–Kier alpha value is -0.520. The molecule has 32 heavy (non-hydrogen) atoms. The molecule has 14 N–H and O–H groups in total. The quantitative estimate of drug-likeness (QED) is 0.178. The Morgan fingerprint density at radius 1 is 1.00 bits per heavy atom. The molecule has 3 rings (SSSR count). The van der Waals surface area contributed by atoms with Gasteiger partial charge in [0.15, 0.2) is 18.4 Å². The molecule has 13 nitrogen and oxygen atoms in total. The van der Waals surface area contributed by atoms with Crippen molar-refractivity contribution in [3.63, 3.8) is 0 Å². The average Bonchev–Trinajstić information content (AvgIpc) is 2.74. The number of hydrogen-bond donors (Lipinski definition) is 9. The van der Waals surface area contributed by atoms with Crippen LogP contribution >= 0.6 is 0 Å². The molecule has 188 valence electrons. The van der Waals surface area contributed by atoms with E-state index in [-0.39, 0.29) is 12.6 Å². The van der Waals surface area contributed by atoms with E-state index in [4.69, 9.17) is 18.9 Å². The molecule has 0 bridgehead atoms. The Morgan fingerprint density at radius 2 is 1.69 bits per heavy atom. The highest BCUT2D eigenvalue weighted by Gasteiger charge is 2.53. The van der Waals surface area contributed by atoms with Crippen LogP contribution in [0.2, 0.25) is 0 Å². The van der Waals surface area contributed by atoms with Crippen molar-refractivity contribution in [3.05, 3.63) is 0 Å². The molecular formula is C19H40N3O10+3. The molecule has 2 saturated heterocycles. The van der Waals surface area contributed by atoms with Crippen LogP contribution in [0.3, 0.4) is 0 Å². The lowest BCUT2D eigenvalue weighted by atomic mass is 9.87. The van der Waals surface area contributed by atoms with Crippen molar-refractivity contribution < 1.29 is 66.4 Å². The van der Waals surface area contributed by atoms with Gasteiger partial charge in [-0.1, -0.05) is 0 Å². The van der Waals surface area contributed by atoms with Gasteiger partial charge in [0.25, 0.3) is 0 Å². The highest BCUT2D eigenvalue weighted by atomic mass is 16.7. The molecular weight excluding hydrogens is 430 g/mol. The molecule has 0 aromatic rings. The first-order chi connectivity index (χ1) is 15.0. The fourth-order valence-corrected chi connectivity index (χ4v) is 4.80. The summed E-state index contributed by atoms with van der Waals surface area (Å²) in [6.45, 7) is 1.02. The van der Waals surface area contributed by atoms with Gasteiger partial charge in [0.1, 0.15) is 48.2 Å². The number of nitrogens with two attached hydrogens (primary N) is 1. The van der Waals surface area contributed by atoms with Gasteiger partial charge < -0.3 is 66.4 Å². The van der Waals surface area contributed by atoms with Gasteiger partial charge >= 0.3 is 0 Å². The molecule has 0 aromatic heterocycles. The molecule has 13 atom stereocenters. The number of rotatable bonds is 6. The maximum Gasteiger partial charge on any atom is 0.213 e. The van der Waals surface area contributed by atoms with Crippen molar-refractivity contribution in [2.75, 3.05) is 20.3 Å². The molecule has 0 amide bonds. The van der Waals surface area contributed by atoms with Gasteiger partial charge in [-0.15, -0.1) is 0 Å². The maximum absolute atomic E-state index is 11.0. The largest absolute Gasteiger partial charge is 0.394 e. The van der Waals surface area contributed by atoms with E-state index in [9.17, 15) is 30.6 Å². The number of quaternary nitrogens is 3. The SMILES string of the molecule is C[NH2+][C@@H]1[C@@H](O)[C@@H](O[C@@H]2[C@@H](O)[C@H](O[C@H]3O[C@H](CO)[C@@H](O)[C@H](O)[C@H]3[NH3+])CC[C@H]2[NH3+])OC[C@]1(C)O. The van der Waals surface area contributed by atoms with E-state index in [1.165, 1.54) is 0 Å². The second-order valence-electron chi connectivity index (χ2n) is 9.36. The smallest absolute Gasteiger partial charge is 0.213 e. The number of likely N-dealkylation sites (N-methyl/N-ethyl adjacent to an activating group) is 1. The van der Waals surface area contributed by atoms with Crippen molar-refractivity contribution in [1.29, 1.82) is 0 Å². The fraction of sp³-hybridized carbons (Fsp3) is 1.00. The number of ether oxygens (including phenoxy) is 4. The average molecular weight is 471 g/mol. The van der Waals surface area contributed by atoms with Gasteiger partial charge in [0.05, 0.1) is 26.4 Å². The first-order valence-corrected chi connectivity index (χ1v) is 11.1. The van der Waals surface area contributed by atoms with Crippen molar-refractivity contribution in [3.8, 4) is 0 Å². The first kappa shape index (κ1) is 26.1. The Bertz CT molecular complexity index is 614. The van der Waals surface area contributed by atoms with E-state index >= 15 is 0 Å². The molecule has 0 aromatic carbocycles. The van der Waals surface area contributed by atoms with E-state index in [1.807, 2.05) is 0 Å². The molecule has 1 aliphatic carbocycles. The van der Waals surface area contributed by atoms with Crippen LogP contribution in [0.4, 0.5) is 0 Å². The van der Waals surface area contributed by atoms with Gasteiger partial charge in [-0.25, -0.2) is 0 Å². The van der Waals surface area contributed by atoms with Crippen LogP contribution in [-0.2, 0) is 18.9 Å². The third kappa shape index (κ3) is 5.10. The summed E-state index contributed by atoms with van der Waals surface area (Å²) >= 11 is 0. The predicted molar refractivity (Wildman–Crippen MR) is 104 cm³/mol. The monoisotopic (exact) mass is 470 g/mol. The van der Waals surface area contributed by atoms with Crippen LogP contribution in [0.25, 0.3) is 0 Å².